The highest BCUT2D eigenvalue weighted by Gasteiger charge is 2.16. The smallest absolute Gasteiger partial charge is 0.252 e. The fraction of sp³-hybridized carbons (Fsp3) is 0.462. The van der Waals surface area contributed by atoms with E-state index < -0.39 is 12.0 Å². The van der Waals surface area contributed by atoms with Gasteiger partial charge in [0.15, 0.2) is 0 Å². The van der Waals surface area contributed by atoms with Gasteiger partial charge < -0.3 is 21.3 Å². The Bertz CT molecular complexity index is 438. The number of nitrogens with two attached hydrogens (primary N) is 1. The van der Waals surface area contributed by atoms with E-state index in [-0.39, 0.29) is 16.9 Å². The van der Waals surface area contributed by atoms with Crippen LogP contribution < -0.4 is 11.1 Å². The Balaban J connectivity index is 2.83. The molecule has 5 nitrogen and oxygen atoms in total. The number of hydrogen-bond acceptors (Lipinski definition) is 4. The van der Waals surface area contributed by atoms with Crippen molar-refractivity contribution in [3.63, 3.8) is 0 Å². The van der Waals surface area contributed by atoms with Crippen LogP contribution in [-0.2, 0) is 0 Å². The number of amides is 1. The number of hydrogen-bond donors (Lipinski definition) is 4. The van der Waals surface area contributed by atoms with Crippen LogP contribution >= 0.6 is 0 Å². The van der Waals surface area contributed by atoms with Crippen molar-refractivity contribution < 1.29 is 15.0 Å². The van der Waals surface area contributed by atoms with Gasteiger partial charge in [0, 0.05) is 12.1 Å². The summed E-state index contributed by atoms with van der Waals surface area (Å²) in [5.41, 5.74) is 5.58. The Morgan fingerprint density at radius 2 is 2.06 bits per heavy atom. The molecule has 0 aliphatic carbocycles. The molecule has 100 valence electrons. The maximum atomic E-state index is 11.1. The number of aromatic hydroxyl groups is 1. The number of carbonyl (C=O) groups excluding carboxylic acids is 1. The van der Waals surface area contributed by atoms with Crippen molar-refractivity contribution in [1.29, 1.82) is 0 Å². The third-order valence-electron chi connectivity index (χ3n) is 2.50. The second kappa shape index (κ2) is 5.37. The van der Waals surface area contributed by atoms with Gasteiger partial charge >= 0.3 is 0 Å². The number of aliphatic hydroxyl groups excluding tert-OH is 1. The molecule has 1 amide bonds. The first kappa shape index (κ1) is 14.5. The molecule has 0 heterocycles. The number of aliphatic hydroxyl groups is 1. The average Bonchev–Trinajstić information content (AvgIpc) is 2.25. The van der Waals surface area contributed by atoms with Crippen molar-refractivity contribution in [2.75, 3.05) is 6.54 Å². The summed E-state index contributed by atoms with van der Waals surface area (Å²) in [4.78, 5) is 11.1. The zero-order valence-electron chi connectivity index (χ0n) is 10.9. The van der Waals surface area contributed by atoms with Crippen LogP contribution in [0.4, 0.5) is 0 Å². The van der Waals surface area contributed by atoms with Gasteiger partial charge in [0.25, 0.3) is 5.91 Å². The molecule has 5 N–H and O–H groups in total. The van der Waals surface area contributed by atoms with E-state index in [0.29, 0.717) is 12.1 Å². The van der Waals surface area contributed by atoms with Crippen LogP contribution in [0.3, 0.4) is 0 Å². The fourth-order valence-electron chi connectivity index (χ4n) is 1.48. The molecule has 1 unspecified atom stereocenters. The average molecular weight is 252 g/mol. The summed E-state index contributed by atoms with van der Waals surface area (Å²) in [7, 11) is 0. The van der Waals surface area contributed by atoms with Gasteiger partial charge in [0.1, 0.15) is 5.75 Å². The largest absolute Gasteiger partial charge is 0.507 e. The highest BCUT2D eigenvalue weighted by Crippen LogP contribution is 2.22. The summed E-state index contributed by atoms with van der Waals surface area (Å²) in [5.74, 6) is -0.896. The van der Waals surface area contributed by atoms with Crippen LogP contribution in [0.1, 0.15) is 42.8 Å². The third kappa shape index (κ3) is 4.01. The zero-order chi connectivity index (χ0) is 13.9. The van der Waals surface area contributed by atoms with Crippen molar-refractivity contribution >= 4 is 5.91 Å². The first-order valence-corrected chi connectivity index (χ1v) is 5.76. The van der Waals surface area contributed by atoms with Gasteiger partial charge in [-0.25, -0.2) is 0 Å². The first-order valence-electron chi connectivity index (χ1n) is 5.76. The number of benzene rings is 1. The number of nitrogens with one attached hydrogen (secondary N) is 1. The highest BCUT2D eigenvalue weighted by molar-refractivity contribution is 5.95. The second-order valence-corrected chi connectivity index (χ2v) is 5.29. The maximum absolute atomic E-state index is 11.1. The van der Waals surface area contributed by atoms with Crippen molar-refractivity contribution in [2.24, 2.45) is 5.73 Å². The molecule has 1 aromatic rings. The third-order valence-corrected chi connectivity index (χ3v) is 2.50. The van der Waals surface area contributed by atoms with Gasteiger partial charge in [-0.2, -0.15) is 0 Å². The molecule has 0 fully saturated rings. The molecule has 18 heavy (non-hydrogen) atoms. The number of phenols is 1. The van der Waals surface area contributed by atoms with Crippen molar-refractivity contribution in [3.8, 4) is 5.75 Å². The molecule has 1 atom stereocenters. The maximum Gasteiger partial charge on any atom is 0.252 e. The Hall–Kier alpha value is -1.59. The monoisotopic (exact) mass is 252 g/mol. The molecule has 0 aromatic heterocycles. The number of primary amides is 1. The van der Waals surface area contributed by atoms with Gasteiger partial charge in [-0.15, -0.1) is 0 Å². The number of rotatable bonds is 4. The first-order chi connectivity index (χ1) is 8.20. The van der Waals surface area contributed by atoms with Crippen LogP contribution in [0, 0.1) is 0 Å². The molecule has 1 rings (SSSR count). The van der Waals surface area contributed by atoms with Crippen LogP contribution in [0.5, 0.6) is 5.75 Å². The summed E-state index contributed by atoms with van der Waals surface area (Å²) >= 11 is 0. The highest BCUT2D eigenvalue weighted by atomic mass is 16.3. The molecule has 0 saturated carbocycles. The quantitative estimate of drug-likeness (QED) is 0.640. The second-order valence-electron chi connectivity index (χ2n) is 5.29. The molecule has 0 bridgehead atoms. The lowest BCUT2D eigenvalue weighted by molar-refractivity contribution is 0.0997. The van der Waals surface area contributed by atoms with Crippen molar-refractivity contribution in [3.05, 3.63) is 29.3 Å². The molecule has 5 heteroatoms. The van der Waals surface area contributed by atoms with Gasteiger partial charge in [-0.1, -0.05) is 6.07 Å². The van der Waals surface area contributed by atoms with E-state index in [2.05, 4.69) is 5.32 Å². The lowest BCUT2D eigenvalue weighted by Gasteiger charge is -2.23. The van der Waals surface area contributed by atoms with E-state index in [1.807, 2.05) is 20.8 Å². The van der Waals surface area contributed by atoms with E-state index in [0.717, 1.165) is 0 Å². The van der Waals surface area contributed by atoms with Gasteiger partial charge in [0.05, 0.1) is 11.7 Å². The van der Waals surface area contributed by atoms with E-state index in [9.17, 15) is 15.0 Å². The minimum atomic E-state index is -0.761. The summed E-state index contributed by atoms with van der Waals surface area (Å²) in [6.07, 6.45) is -0.761. The molecule has 0 saturated heterocycles. The lowest BCUT2D eigenvalue weighted by Crippen LogP contribution is -2.38. The van der Waals surface area contributed by atoms with E-state index in [1.54, 1.807) is 6.07 Å². The van der Waals surface area contributed by atoms with Crippen molar-refractivity contribution in [2.45, 2.75) is 32.4 Å². The summed E-state index contributed by atoms with van der Waals surface area (Å²) in [6, 6.07) is 4.33. The van der Waals surface area contributed by atoms with Gasteiger partial charge in [0.2, 0.25) is 0 Å². The predicted octanol–water partition coefficient (Wildman–Crippen LogP) is 0.913. The van der Waals surface area contributed by atoms with Gasteiger partial charge in [-0.3, -0.25) is 4.79 Å². The molecular weight excluding hydrogens is 232 g/mol. The Morgan fingerprint density at radius 1 is 1.44 bits per heavy atom. The topological polar surface area (TPSA) is 95.6 Å². The molecular formula is C13H20N2O3. The van der Waals surface area contributed by atoms with Crippen LogP contribution in [-0.4, -0.2) is 28.2 Å². The molecule has 0 spiro atoms. The normalized spacial score (nSPS) is 13.3. The fourth-order valence-corrected chi connectivity index (χ4v) is 1.48. The van der Waals surface area contributed by atoms with E-state index in [1.165, 1.54) is 12.1 Å². The van der Waals surface area contributed by atoms with Crippen LogP contribution in [0.15, 0.2) is 18.2 Å². The van der Waals surface area contributed by atoms with E-state index >= 15 is 0 Å². The zero-order valence-corrected chi connectivity index (χ0v) is 10.9. The molecule has 1 aromatic carbocycles. The van der Waals surface area contributed by atoms with Crippen LogP contribution in [0.2, 0.25) is 0 Å². The summed E-state index contributed by atoms with van der Waals surface area (Å²) in [6.45, 7) is 6.33. The van der Waals surface area contributed by atoms with Crippen LogP contribution in [0.25, 0.3) is 0 Å². The Morgan fingerprint density at radius 3 is 2.56 bits per heavy atom. The minimum absolute atomic E-state index is 0.0160. The number of carbonyl (C=O) groups is 1. The van der Waals surface area contributed by atoms with Crippen molar-refractivity contribution in [1.82, 2.24) is 5.32 Å². The predicted molar refractivity (Wildman–Crippen MR) is 69.3 cm³/mol. The van der Waals surface area contributed by atoms with Gasteiger partial charge in [-0.05, 0) is 38.5 Å². The minimum Gasteiger partial charge on any atom is -0.507 e. The van der Waals surface area contributed by atoms with E-state index in [4.69, 9.17) is 5.73 Å². The number of β-amino-alcohol motifs (C(OH)–C–C–N with tert-alkyl or cyclic N) is 1. The standard InChI is InChI=1S/C13H20N2O3/c1-13(2,3)15-7-11(17)8-4-5-10(16)9(6-8)12(14)18/h4-6,11,15-17H,7H2,1-3H3,(H2,14,18). The Labute approximate surface area is 107 Å². The molecule has 0 radical (unpaired) electrons. The Kier molecular flexibility index (Phi) is 4.32. The molecule has 0 aliphatic rings. The lowest BCUT2D eigenvalue weighted by atomic mass is 10.0. The SMILES string of the molecule is CC(C)(C)NCC(O)c1ccc(O)c(C(N)=O)c1. The summed E-state index contributed by atoms with van der Waals surface area (Å²) in [5, 5.41) is 22.6. The summed E-state index contributed by atoms with van der Waals surface area (Å²) < 4.78 is 0. The molecule has 0 aliphatic heterocycles.